The molecule has 0 amide bonds. The molecule has 1 rings (SSSR count). The third kappa shape index (κ3) is 5.62. The number of thioether (sulfide) groups is 1. The van der Waals surface area contributed by atoms with Gasteiger partial charge in [0.1, 0.15) is 5.82 Å². The van der Waals surface area contributed by atoms with Crippen molar-refractivity contribution in [2.45, 2.75) is 19.3 Å². The molecule has 0 radical (unpaired) electrons. The molecule has 1 unspecified atom stereocenters. The molecule has 1 heterocycles. The van der Waals surface area contributed by atoms with E-state index in [1.807, 2.05) is 13.2 Å². The molecule has 0 aliphatic rings. The van der Waals surface area contributed by atoms with Gasteiger partial charge in [-0.15, -0.1) is 13.2 Å². The fraction of sp³-hybridized carbons (Fsp3) is 0.556. The highest BCUT2D eigenvalue weighted by Gasteiger charge is 2.31. The largest absolute Gasteiger partial charge is 0.574 e. The van der Waals surface area contributed by atoms with Crippen LogP contribution in [-0.4, -0.2) is 34.4 Å². The highest BCUT2D eigenvalue weighted by molar-refractivity contribution is 7.98. The zero-order chi connectivity index (χ0) is 12.9. The molecule has 0 bridgehead atoms. The number of aromatic nitrogens is 2. The Hall–Kier alpha value is -1.18. The van der Waals surface area contributed by atoms with E-state index in [1.54, 1.807) is 11.8 Å². The van der Waals surface area contributed by atoms with Crippen LogP contribution in [0, 0.1) is 0 Å². The molecular formula is C9H12F3N3OS. The first-order valence-electron chi connectivity index (χ1n) is 4.74. The molecule has 0 aromatic carbocycles. The fourth-order valence-electron chi connectivity index (χ4n) is 1.11. The number of nitrogens with zero attached hydrogens (tertiary/aromatic N) is 2. The van der Waals surface area contributed by atoms with E-state index in [4.69, 9.17) is 0 Å². The molecule has 4 nitrogen and oxygen atoms in total. The van der Waals surface area contributed by atoms with Gasteiger partial charge < -0.3 is 10.1 Å². The van der Waals surface area contributed by atoms with Crippen molar-refractivity contribution >= 4 is 17.6 Å². The summed E-state index contributed by atoms with van der Waals surface area (Å²) in [6.45, 7) is 1.94. The van der Waals surface area contributed by atoms with Crippen LogP contribution in [0.1, 0.15) is 6.92 Å². The van der Waals surface area contributed by atoms with Gasteiger partial charge in [0.25, 0.3) is 0 Å². The maximum absolute atomic E-state index is 11.8. The zero-order valence-electron chi connectivity index (χ0n) is 9.28. The summed E-state index contributed by atoms with van der Waals surface area (Å²) in [5, 5.41) is 3.00. The van der Waals surface area contributed by atoms with Gasteiger partial charge >= 0.3 is 6.36 Å². The van der Waals surface area contributed by atoms with Crippen molar-refractivity contribution in [2.75, 3.05) is 17.3 Å². The lowest BCUT2D eigenvalue weighted by Crippen LogP contribution is -2.20. The van der Waals surface area contributed by atoms with Crippen LogP contribution in [-0.2, 0) is 0 Å². The van der Waals surface area contributed by atoms with Crippen LogP contribution < -0.4 is 10.1 Å². The highest BCUT2D eigenvalue weighted by Crippen LogP contribution is 2.20. The predicted molar refractivity (Wildman–Crippen MR) is 60.2 cm³/mol. The van der Waals surface area contributed by atoms with Crippen molar-refractivity contribution in [3.63, 3.8) is 0 Å². The predicted octanol–water partition coefficient (Wildman–Crippen LogP) is 2.54. The standard InChI is InChI=1S/C9H12F3N3OS/c1-6(5-17-2)15-7-3-14-8(4-13-7)16-9(10,11)12/h3-4,6H,5H2,1-2H3,(H,13,15). The molecule has 1 atom stereocenters. The molecular weight excluding hydrogens is 255 g/mol. The summed E-state index contributed by atoms with van der Waals surface area (Å²) >= 11 is 1.66. The summed E-state index contributed by atoms with van der Waals surface area (Å²) in [6.07, 6.45) is -0.639. The van der Waals surface area contributed by atoms with Gasteiger partial charge in [-0.1, -0.05) is 0 Å². The lowest BCUT2D eigenvalue weighted by molar-refractivity contribution is -0.276. The number of halogens is 3. The molecule has 17 heavy (non-hydrogen) atoms. The van der Waals surface area contributed by atoms with Crippen molar-refractivity contribution in [1.29, 1.82) is 0 Å². The molecule has 0 aliphatic carbocycles. The first-order chi connectivity index (χ1) is 7.90. The molecule has 1 aromatic rings. The topological polar surface area (TPSA) is 47.0 Å². The van der Waals surface area contributed by atoms with Crippen molar-refractivity contribution in [3.8, 4) is 5.88 Å². The SMILES string of the molecule is CSCC(C)Nc1cnc(OC(F)(F)F)cn1. The minimum atomic E-state index is -4.74. The van der Waals surface area contributed by atoms with E-state index in [-0.39, 0.29) is 6.04 Å². The second kappa shape index (κ2) is 5.95. The van der Waals surface area contributed by atoms with E-state index in [2.05, 4.69) is 20.0 Å². The normalized spacial score (nSPS) is 13.2. The third-order valence-electron chi connectivity index (χ3n) is 1.66. The number of hydrogen-bond donors (Lipinski definition) is 1. The van der Waals surface area contributed by atoms with Crippen LogP contribution in [0.25, 0.3) is 0 Å². The second-order valence-electron chi connectivity index (χ2n) is 3.29. The van der Waals surface area contributed by atoms with Crippen molar-refractivity contribution < 1.29 is 17.9 Å². The van der Waals surface area contributed by atoms with Crippen LogP contribution in [0.4, 0.5) is 19.0 Å². The van der Waals surface area contributed by atoms with E-state index in [0.717, 1.165) is 11.9 Å². The minimum absolute atomic E-state index is 0.161. The van der Waals surface area contributed by atoms with Gasteiger partial charge in [0.2, 0.25) is 5.88 Å². The lowest BCUT2D eigenvalue weighted by atomic mass is 10.4. The Balaban J connectivity index is 2.56. The molecule has 1 aromatic heterocycles. The first-order valence-corrected chi connectivity index (χ1v) is 6.13. The number of hydrogen-bond acceptors (Lipinski definition) is 5. The Morgan fingerprint density at radius 1 is 1.41 bits per heavy atom. The smallest absolute Gasteiger partial charge is 0.386 e. The molecule has 1 N–H and O–H groups in total. The Bertz CT molecular complexity index is 344. The van der Waals surface area contributed by atoms with Crippen LogP contribution in [0.5, 0.6) is 5.88 Å². The summed E-state index contributed by atoms with van der Waals surface area (Å²) in [6, 6.07) is 0.161. The van der Waals surface area contributed by atoms with Crippen LogP contribution in [0.15, 0.2) is 12.4 Å². The quantitative estimate of drug-likeness (QED) is 0.888. The van der Waals surface area contributed by atoms with E-state index in [1.165, 1.54) is 6.20 Å². The van der Waals surface area contributed by atoms with Gasteiger partial charge in [0.15, 0.2) is 0 Å². The fourth-order valence-corrected chi connectivity index (χ4v) is 1.69. The molecule has 0 saturated carbocycles. The summed E-state index contributed by atoms with van der Waals surface area (Å²) in [5.74, 6) is 0.712. The van der Waals surface area contributed by atoms with Crippen LogP contribution in [0.2, 0.25) is 0 Å². The number of alkyl halides is 3. The number of ether oxygens (including phenoxy) is 1. The number of anilines is 1. The molecule has 8 heteroatoms. The minimum Gasteiger partial charge on any atom is -0.386 e. The van der Waals surface area contributed by atoms with Crippen molar-refractivity contribution in [1.82, 2.24) is 9.97 Å². The van der Waals surface area contributed by atoms with Gasteiger partial charge in [-0.05, 0) is 13.2 Å². The maximum Gasteiger partial charge on any atom is 0.574 e. The van der Waals surface area contributed by atoms with Gasteiger partial charge in [0.05, 0.1) is 12.4 Å². The van der Waals surface area contributed by atoms with E-state index < -0.39 is 12.2 Å². The molecule has 96 valence electrons. The first kappa shape index (κ1) is 13.9. The van der Waals surface area contributed by atoms with E-state index in [9.17, 15) is 13.2 Å². The number of rotatable bonds is 5. The maximum atomic E-state index is 11.8. The summed E-state index contributed by atoms with van der Waals surface area (Å²) in [7, 11) is 0. The molecule has 0 spiro atoms. The van der Waals surface area contributed by atoms with Gasteiger partial charge in [-0.25, -0.2) is 9.97 Å². The van der Waals surface area contributed by atoms with Crippen LogP contribution in [0.3, 0.4) is 0 Å². The summed E-state index contributed by atoms with van der Waals surface area (Å²) < 4.78 is 39.1. The van der Waals surface area contributed by atoms with Gasteiger partial charge in [-0.2, -0.15) is 11.8 Å². The zero-order valence-corrected chi connectivity index (χ0v) is 10.1. The Labute approximate surface area is 101 Å². The molecule has 0 fully saturated rings. The Kier molecular flexibility index (Phi) is 4.86. The Morgan fingerprint density at radius 2 is 2.12 bits per heavy atom. The summed E-state index contributed by atoms with van der Waals surface area (Å²) in [5.41, 5.74) is 0. The number of nitrogens with one attached hydrogen (secondary N) is 1. The highest BCUT2D eigenvalue weighted by atomic mass is 32.2. The molecule has 0 saturated heterocycles. The van der Waals surface area contributed by atoms with Crippen molar-refractivity contribution in [3.05, 3.63) is 12.4 Å². The van der Waals surface area contributed by atoms with E-state index in [0.29, 0.717) is 5.82 Å². The second-order valence-corrected chi connectivity index (χ2v) is 4.20. The average Bonchev–Trinajstić information content (AvgIpc) is 2.19. The summed E-state index contributed by atoms with van der Waals surface area (Å²) in [4.78, 5) is 7.28. The lowest BCUT2D eigenvalue weighted by Gasteiger charge is -2.13. The monoisotopic (exact) mass is 267 g/mol. The average molecular weight is 267 g/mol. The van der Waals surface area contributed by atoms with Gasteiger partial charge in [0, 0.05) is 11.8 Å². The third-order valence-corrected chi connectivity index (χ3v) is 2.49. The van der Waals surface area contributed by atoms with Crippen molar-refractivity contribution in [2.24, 2.45) is 0 Å². The van der Waals surface area contributed by atoms with Crippen LogP contribution >= 0.6 is 11.8 Å². The molecule has 0 aliphatic heterocycles. The Morgan fingerprint density at radius 3 is 2.59 bits per heavy atom. The van der Waals surface area contributed by atoms with E-state index >= 15 is 0 Å². The van der Waals surface area contributed by atoms with Gasteiger partial charge in [-0.3, -0.25) is 0 Å².